The molecule has 7 nitrogen and oxygen atoms in total. The largest absolute Gasteiger partial charge is 0.495 e. The Balaban J connectivity index is 1.70. The number of carbonyl (C=O) groups excluding carboxylic acids is 1. The molecule has 3 aromatic carbocycles. The van der Waals surface area contributed by atoms with E-state index in [1.165, 1.54) is 12.0 Å². The van der Waals surface area contributed by atoms with Gasteiger partial charge in [-0.15, -0.1) is 0 Å². The Morgan fingerprint density at radius 2 is 1.69 bits per heavy atom. The number of halogens is 1. The summed E-state index contributed by atoms with van der Waals surface area (Å²) in [6.07, 6.45) is 0.898. The number of methoxy groups -OCH3 is 2. The Kier molecular flexibility index (Phi) is 7.28. The fourth-order valence-electron chi connectivity index (χ4n) is 4.85. The molecule has 0 N–H and O–H groups in total. The number of carbonyl (C=O) groups is 1. The molecular weight excluding hydrogens is 518 g/mol. The number of aryl methyl sites for hydroxylation is 1. The van der Waals surface area contributed by atoms with Crippen molar-refractivity contribution in [1.29, 1.82) is 0 Å². The van der Waals surface area contributed by atoms with Crippen molar-refractivity contribution in [2.45, 2.75) is 33.2 Å². The lowest BCUT2D eigenvalue weighted by atomic mass is 9.97. The second-order valence-corrected chi connectivity index (χ2v) is 10.4. The number of hydrogen-bond donors (Lipinski definition) is 0. The molecule has 0 spiro atoms. The van der Waals surface area contributed by atoms with Gasteiger partial charge in [0.1, 0.15) is 11.3 Å². The molecule has 0 saturated carbocycles. The third kappa shape index (κ3) is 4.83. The summed E-state index contributed by atoms with van der Waals surface area (Å²) in [5, 5.41) is 0.755. The number of ether oxygens (including phenoxy) is 3. The summed E-state index contributed by atoms with van der Waals surface area (Å²) in [5.74, 6) is 1.63. The van der Waals surface area contributed by atoms with Gasteiger partial charge < -0.3 is 18.6 Å². The minimum absolute atomic E-state index is 0.00419. The molecule has 0 radical (unpaired) electrons. The van der Waals surface area contributed by atoms with Gasteiger partial charge in [-0.05, 0) is 67.3 Å². The average molecular weight is 548 g/mol. The highest BCUT2D eigenvalue weighted by Crippen LogP contribution is 2.44. The molecule has 1 atom stereocenters. The fourth-order valence-corrected chi connectivity index (χ4v) is 5.10. The van der Waals surface area contributed by atoms with E-state index in [0.29, 0.717) is 57.0 Å². The highest BCUT2D eigenvalue weighted by atomic mass is 35.5. The van der Waals surface area contributed by atoms with Crippen LogP contribution in [0.15, 0.2) is 63.8 Å². The Bertz CT molecular complexity index is 1630. The van der Waals surface area contributed by atoms with Gasteiger partial charge in [-0.25, -0.2) is 0 Å². The van der Waals surface area contributed by atoms with Gasteiger partial charge >= 0.3 is 0 Å². The van der Waals surface area contributed by atoms with Crippen molar-refractivity contribution in [3.8, 4) is 17.2 Å². The molecule has 1 aromatic heterocycles. The first kappa shape index (κ1) is 26.6. The zero-order valence-corrected chi connectivity index (χ0v) is 23.3. The monoisotopic (exact) mass is 547 g/mol. The van der Waals surface area contributed by atoms with Crippen molar-refractivity contribution in [3.63, 3.8) is 0 Å². The van der Waals surface area contributed by atoms with Crippen molar-refractivity contribution >= 4 is 34.2 Å². The molecule has 8 heteroatoms. The summed E-state index contributed by atoms with van der Waals surface area (Å²) in [4.78, 5) is 29.4. The molecule has 0 saturated heterocycles. The standard InChI is InChI=1S/C31H30ClNO6/c1-17(2)12-13-38-25-10-7-19(15-26(25)37-5)28-27-29(34)21-14-18(3)6-9-23(21)39-30(27)31(35)33(28)20-8-11-24(36-4)22(32)16-20/h6-11,14-17,28H,12-13H2,1-5H3. The van der Waals surface area contributed by atoms with Crippen LogP contribution in [0.25, 0.3) is 11.0 Å². The summed E-state index contributed by atoms with van der Waals surface area (Å²) in [7, 11) is 3.08. The molecule has 1 aliphatic rings. The lowest BCUT2D eigenvalue weighted by Crippen LogP contribution is -2.29. The molecule has 2 heterocycles. The molecule has 0 fully saturated rings. The van der Waals surface area contributed by atoms with Crippen LogP contribution in [-0.2, 0) is 0 Å². The number of nitrogens with zero attached hydrogens (tertiary/aromatic N) is 1. The maximum Gasteiger partial charge on any atom is 0.295 e. The Morgan fingerprint density at radius 1 is 0.949 bits per heavy atom. The third-order valence-corrected chi connectivity index (χ3v) is 7.19. The van der Waals surface area contributed by atoms with Crippen molar-refractivity contribution in [1.82, 2.24) is 0 Å². The van der Waals surface area contributed by atoms with Crippen LogP contribution in [0.2, 0.25) is 5.02 Å². The second-order valence-electron chi connectivity index (χ2n) is 10.0. The predicted molar refractivity (Wildman–Crippen MR) is 152 cm³/mol. The fraction of sp³-hybridized carbons (Fsp3) is 0.290. The van der Waals surface area contributed by atoms with E-state index in [9.17, 15) is 9.59 Å². The molecule has 1 unspecified atom stereocenters. The third-order valence-electron chi connectivity index (χ3n) is 6.90. The minimum atomic E-state index is -0.781. The summed E-state index contributed by atoms with van der Waals surface area (Å²) in [6.45, 7) is 6.72. The van der Waals surface area contributed by atoms with Gasteiger partial charge in [-0.1, -0.05) is 43.1 Å². The van der Waals surface area contributed by atoms with Gasteiger partial charge in [-0.2, -0.15) is 0 Å². The van der Waals surface area contributed by atoms with Gasteiger partial charge in [-0.3, -0.25) is 14.5 Å². The number of rotatable bonds is 8. The molecule has 4 aromatic rings. The summed E-state index contributed by atoms with van der Waals surface area (Å²) in [5.41, 5.74) is 2.45. The first-order valence-electron chi connectivity index (χ1n) is 12.8. The molecule has 1 aliphatic heterocycles. The Hall–Kier alpha value is -3.97. The minimum Gasteiger partial charge on any atom is -0.495 e. The molecule has 202 valence electrons. The van der Waals surface area contributed by atoms with Crippen LogP contribution in [0.1, 0.15) is 53.6 Å². The summed E-state index contributed by atoms with van der Waals surface area (Å²) < 4.78 is 23.0. The van der Waals surface area contributed by atoms with Crippen LogP contribution in [0.4, 0.5) is 5.69 Å². The van der Waals surface area contributed by atoms with E-state index in [2.05, 4.69) is 13.8 Å². The number of benzene rings is 3. The van der Waals surface area contributed by atoms with Crippen LogP contribution >= 0.6 is 11.6 Å². The first-order valence-corrected chi connectivity index (χ1v) is 13.2. The topological polar surface area (TPSA) is 78.2 Å². The van der Waals surface area contributed by atoms with Crippen molar-refractivity contribution in [2.75, 3.05) is 25.7 Å². The molecule has 1 amide bonds. The van der Waals surface area contributed by atoms with E-state index in [1.807, 2.05) is 25.1 Å². The van der Waals surface area contributed by atoms with E-state index >= 15 is 0 Å². The average Bonchev–Trinajstić information content (AvgIpc) is 3.21. The highest BCUT2D eigenvalue weighted by molar-refractivity contribution is 6.32. The van der Waals surface area contributed by atoms with Crippen molar-refractivity contribution in [2.24, 2.45) is 5.92 Å². The van der Waals surface area contributed by atoms with Crippen molar-refractivity contribution in [3.05, 3.63) is 92.3 Å². The molecule has 5 rings (SSSR count). The molecule has 0 aliphatic carbocycles. The first-order chi connectivity index (χ1) is 18.7. The van der Waals surface area contributed by atoms with E-state index in [0.717, 1.165) is 12.0 Å². The van der Waals surface area contributed by atoms with E-state index in [4.69, 9.17) is 30.2 Å². The summed E-state index contributed by atoms with van der Waals surface area (Å²) in [6, 6.07) is 15.1. The zero-order valence-electron chi connectivity index (χ0n) is 22.5. The van der Waals surface area contributed by atoms with Gasteiger partial charge in [0.05, 0.1) is 42.8 Å². The van der Waals surface area contributed by atoms with Crippen LogP contribution in [-0.4, -0.2) is 26.7 Å². The molecule has 39 heavy (non-hydrogen) atoms. The van der Waals surface area contributed by atoms with Crippen molar-refractivity contribution < 1.29 is 23.4 Å². The lowest BCUT2D eigenvalue weighted by molar-refractivity contribution is 0.0971. The number of fused-ring (bicyclic) bond motifs is 2. The van der Waals surface area contributed by atoms with Gasteiger partial charge in [0.25, 0.3) is 5.91 Å². The Labute approximate surface area is 231 Å². The van der Waals surface area contributed by atoms with Gasteiger partial charge in [0, 0.05) is 5.69 Å². The maximum absolute atomic E-state index is 13.9. The maximum atomic E-state index is 13.9. The van der Waals surface area contributed by atoms with Crippen LogP contribution in [0.5, 0.6) is 17.2 Å². The van der Waals surface area contributed by atoms with Gasteiger partial charge in [0.15, 0.2) is 16.9 Å². The van der Waals surface area contributed by atoms with E-state index in [-0.39, 0.29) is 16.8 Å². The van der Waals surface area contributed by atoms with E-state index in [1.54, 1.807) is 43.5 Å². The molecule has 0 bridgehead atoms. The SMILES string of the molecule is COc1ccc(N2C(=O)c3oc4ccc(C)cc4c(=O)c3C2c2ccc(OCCC(C)C)c(OC)c2)cc1Cl. The predicted octanol–water partition coefficient (Wildman–Crippen LogP) is 6.95. The quantitative estimate of drug-likeness (QED) is 0.237. The smallest absolute Gasteiger partial charge is 0.295 e. The molecular formula is C31H30ClNO6. The summed E-state index contributed by atoms with van der Waals surface area (Å²) >= 11 is 6.45. The lowest BCUT2D eigenvalue weighted by Gasteiger charge is -2.26. The number of amides is 1. The zero-order chi connectivity index (χ0) is 27.8. The number of anilines is 1. The van der Waals surface area contributed by atoms with Crippen LogP contribution in [0.3, 0.4) is 0 Å². The normalized spacial score (nSPS) is 14.7. The van der Waals surface area contributed by atoms with Gasteiger partial charge in [0.2, 0.25) is 5.76 Å². The highest BCUT2D eigenvalue weighted by Gasteiger charge is 2.44. The Morgan fingerprint density at radius 3 is 2.38 bits per heavy atom. The van der Waals surface area contributed by atoms with E-state index < -0.39 is 11.9 Å². The number of hydrogen-bond acceptors (Lipinski definition) is 6. The van der Waals surface area contributed by atoms with Crippen LogP contribution in [0, 0.1) is 12.8 Å². The second kappa shape index (κ2) is 10.7. The van der Waals surface area contributed by atoms with Crippen LogP contribution < -0.4 is 24.5 Å².